The molecule has 1 aromatic rings. The van der Waals surface area contributed by atoms with Crippen LogP contribution in [0.2, 0.25) is 0 Å². The first-order chi connectivity index (χ1) is 8.93. The Hall–Kier alpha value is -1.06. The predicted octanol–water partition coefficient (Wildman–Crippen LogP) is 1.82. The van der Waals surface area contributed by atoms with Crippen LogP contribution in [0.15, 0.2) is 24.3 Å². The van der Waals surface area contributed by atoms with Crippen LogP contribution in [0.1, 0.15) is 18.4 Å². The third-order valence-electron chi connectivity index (χ3n) is 3.97. The van der Waals surface area contributed by atoms with Crippen LogP contribution in [0.25, 0.3) is 0 Å². The first-order valence-corrected chi connectivity index (χ1v) is 7.07. The molecule has 3 heteroatoms. The Bertz CT molecular complexity index is 382. The molecule has 0 aromatic heterocycles. The van der Waals surface area contributed by atoms with Crippen molar-refractivity contribution in [2.45, 2.75) is 25.3 Å². The lowest BCUT2D eigenvalue weighted by Crippen LogP contribution is -2.37. The summed E-state index contributed by atoms with van der Waals surface area (Å²) in [6.07, 6.45) is 3.80. The van der Waals surface area contributed by atoms with Crippen molar-refractivity contribution in [1.82, 2.24) is 5.32 Å². The average molecular weight is 246 g/mol. The third-order valence-corrected chi connectivity index (χ3v) is 3.97. The smallest absolute Gasteiger partial charge is 0.0642 e. The number of ether oxygens (including phenoxy) is 1. The number of nitrogens with zero attached hydrogens (tertiary/aromatic N) is 1. The number of para-hydroxylation sites is 1. The highest BCUT2D eigenvalue weighted by Crippen LogP contribution is 2.24. The van der Waals surface area contributed by atoms with Crippen LogP contribution in [0, 0.1) is 0 Å². The van der Waals surface area contributed by atoms with E-state index >= 15 is 0 Å². The van der Waals surface area contributed by atoms with Gasteiger partial charge in [0.1, 0.15) is 0 Å². The molecule has 2 fully saturated rings. The molecule has 0 saturated carbocycles. The van der Waals surface area contributed by atoms with E-state index in [0.29, 0.717) is 6.04 Å². The molecule has 2 saturated heterocycles. The highest BCUT2D eigenvalue weighted by atomic mass is 16.5. The van der Waals surface area contributed by atoms with Gasteiger partial charge in [0.05, 0.1) is 13.2 Å². The molecule has 1 atom stereocenters. The Morgan fingerprint density at radius 2 is 2.06 bits per heavy atom. The fourth-order valence-electron chi connectivity index (χ4n) is 2.99. The maximum Gasteiger partial charge on any atom is 0.0642 e. The Labute approximate surface area is 109 Å². The lowest BCUT2D eigenvalue weighted by Gasteiger charge is -2.31. The minimum atomic E-state index is 0.673. The maximum atomic E-state index is 5.44. The van der Waals surface area contributed by atoms with E-state index in [1.165, 1.54) is 30.6 Å². The van der Waals surface area contributed by atoms with Gasteiger partial charge in [-0.15, -0.1) is 0 Å². The van der Waals surface area contributed by atoms with Crippen LogP contribution in [-0.4, -0.2) is 38.9 Å². The van der Waals surface area contributed by atoms with Crippen molar-refractivity contribution in [2.75, 3.05) is 37.7 Å². The van der Waals surface area contributed by atoms with E-state index in [2.05, 4.69) is 34.5 Å². The van der Waals surface area contributed by atoms with Crippen molar-refractivity contribution >= 4 is 5.69 Å². The summed E-state index contributed by atoms with van der Waals surface area (Å²) in [6, 6.07) is 9.53. The summed E-state index contributed by atoms with van der Waals surface area (Å²) < 4.78 is 5.44. The second-order valence-corrected chi connectivity index (χ2v) is 5.23. The standard InChI is InChI=1S/C15H22N2O/c1-2-6-15(17-8-10-18-11-9-17)13(4-1)12-14-5-3-7-16-14/h1-2,4,6,14,16H,3,5,7-12H2. The van der Waals surface area contributed by atoms with Crippen LogP contribution < -0.4 is 10.2 Å². The summed E-state index contributed by atoms with van der Waals surface area (Å²) in [7, 11) is 0. The molecule has 98 valence electrons. The fourth-order valence-corrected chi connectivity index (χ4v) is 2.99. The van der Waals surface area contributed by atoms with Crippen molar-refractivity contribution in [3.05, 3.63) is 29.8 Å². The summed E-state index contributed by atoms with van der Waals surface area (Å²) in [5.41, 5.74) is 2.90. The van der Waals surface area contributed by atoms with E-state index in [1.54, 1.807) is 0 Å². The van der Waals surface area contributed by atoms with Gasteiger partial charge in [0.25, 0.3) is 0 Å². The highest BCUT2D eigenvalue weighted by molar-refractivity contribution is 5.54. The zero-order valence-corrected chi connectivity index (χ0v) is 10.9. The van der Waals surface area contributed by atoms with E-state index in [1.807, 2.05) is 0 Å². The molecule has 1 aromatic carbocycles. The molecule has 1 N–H and O–H groups in total. The predicted molar refractivity (Wildman–Crippen MR) is 74.2 cm³/mol. The van der Waals surface area contributed by atoms with Crippen molar-refractivity contribution in [3.63, 3.8) is 0 Å². The van der Waals surface area contributed by atoms with Crippen LogP contribution >= 0.6 is 0 Å². The van der Waals surface area contributed by atoms with E-state index in [0.717, 1.165) is 32.7 Å². The van der Waals surface area contributed by atoms with Gasteiger partial charge < -0.3 is 15.0 Å². The first kappa shape index (κ1) is 12.0. The normalized spacial score (nSPS) is 24.4. The summed E-state index contributed by atoms with van der Waals surface area (Å²) in [6.45, 7) is 4.95. The molecule has 2 aliphatic heterocycles. The summed E-state index contributed by atoms with van der Waals surface area (Å²) in [4.78, 5) is 2.47. The number of morpholine rings is 1. The lowest BCUT2D eigenvalue weighted by molar-refractivity contribution is 0.122. The highest BCUT2D eigenvalue weighted by Gasteiger charge is 2.19. The van der Waals surface area contributed by atoms with Gasteiger partial charge in [0.2, 0.25) is 0 Å². The van der Waals surface area contributed by atoms with Gasteiger partial charge in [-0.05, 0) is 37.4 Å². The van der Waals surface area contributed by atoms with Gasteiger partial charge in [-0.3, -0.25) is 0 Å². The van der Waals surface area contributed by atoms with Crippen molar-refractivity contribution < 1.29 is 4.74 Å². The number of hydrogen-bond acceptors (Lipinski definition) is 3. The fraction of sp³-hybridized carbons (Fsp3) is 0.600. The molecule has 0 radical (unpaired) electrons. The first-order valence-electron chi connectivity index (χ1n) is 7.07. The molecular formula is C15H22N2O. The van der Waals surface area contributed by atoms with Gasteiger partial charge >= 0.3 is 0 Å². The Kier molecular flexibility index (Phi) is 3.81. The van der Waals surface area contributed by atoms with Crippen molar-refractivity contribution in [1.29, 1.82) is 0 Å². The Balaban J connectivity index is 1.75. The molecule has 0 spiro atoms. The molecule has 3 nitrogen and oxygen atoms in total. The molecule has 18 heavy (non-hydrogen) atoms. The Morgan fingerprint density at radius 3 is 2.83 bits per heavy atom. The second-order valence-electron chi connectivity index (χ2n) is 5.23. The molecule has 0 amide bonds. The minimum Gasteiger partial charge on any atom is -0.378 e. The van der Waals surface area contributed by atoms with Crippen LogP contribution in [0.3, 0.4) is 0 Å². The van der Waals surface area contributed by atoms with Crippen LogP contribution in [-0.2, 0) is 11.2 Å². The molecular weight excluding hydrogens is 224 g/mol. The molecule has 3 rings (SSSR count). The van der Waals surface area contributed by atoms with Gasteiger partial charge in [-0.2, -0.15) is 0 Å². The Morgan fingerprint density at radius 1 is 1.22 bits per heavy atom. The number of benzene rings is 1. The number of nitrogens with one attached hydrogen (secondary N) is 1. The van der Waals surface area contributed by atoms with E-state index in [-0.39, 0.29) is 0 Å². The maximum absolute atomic E-state index is 5.44. The molecule has 1 unspecified atom stereocenters. The van der Waals surface area contributed by atoms with E-state index < -0.39 is 0 Å². The van der Waals surface area contributed by atoms with Gasteiger partial charge in [-0.25, -0.2) is 0 Å². The largest absolute Gasteiger partial charge is 0.378 e. The molecule has 2 aliphatic rings. The average Bonchev–Trinajstić information content (AvgIpc) is 2.93. The van der Waals surface area contributed by atoms with Gasteiger partial charge in [0, 0.05) is 24.8 Å². The van der Waals surface area contributed by atoms with Gasteiger partial charge in [0.15, 0.2) is 0 Å². The zero-order valence-electron chi connectivity index (χ0n) is 10.9. The number of anilines is 1. The molecule has 2 heterocycles. The molecule has 0 aliphatic carbocycles. The van der Waals surface area contributed by atoms with E-state index in [9.17, 15) is 0 Å². The zero-order chi connectivity index (χ0) is 12.2. The van der Waals surface area contributed by atoms with Crippen LogP contribution in [0.4, 0.5) is 5.69 Å². The van der Waals surface area contributed by atoms with Crippen molar-refractivity contribution in [2.24, 2.45) is 0 Å². The van der Waals surface area contributed by atoms with Crippen LogP contribution in [0.5, 0.6) is 0 Å². The second kappa shape index (κ2) is 5.72. The van der Waals surface area contributed by atoms with E-state index in [4.69, 9.17) is 4.74 Å². The topological polar surface area (TPSA) is 24.5 Å². The summed E-state index contributed by atoms with van der Waals surface area (Å²) >= 11 is 0. The minimum absolute atomic E-state index is 0.673. The third kappa shape index (κ3) is 2.68. The lowest BCUT2D eigenvalue weighted by atomic mass is 10.0. The summed E-state index contributed by atoms with van der Waals surface area (Å²) in [5.74, 6) is 0. The SMILES string of the molecule is c1ccc(N2CCOCC2)c(CC2CCCN2)c1. The quantitative estimate of drug-likeness (QED) is 0.880. The number of rotatable bonds is 3. The van der Waals surface area contributed by atoms with Gasteiger partial charge in [-0.1, -0.05) is 18.2 Å². The number of hydrogen-bond donors (Lipinski definition) is 1. The monoisotopic (exact) mass is 246 g/mol. The van der Waals surface area contributed by atoms with Crippen molar-refractivity contribution in [3.8, 4) is 0 Å². The molecule has 0 bridgehead atoms. The summed E-state index contributed by atoms with van der Waals surface area (Å²) in [5, 5.41) is 3.59.